The summed E-state index contributed by atoms with van der Waals surface area (Å²) < 4.78 is 1.48. The van der Waals surface area contributed by atoms with E-state index in [9.17, 15) is 24.6 Å². The molecular weight excluding hydrogens is 424 g/mol. The molecule has 3 heterocycles. The molecule has 0 radical (unpaired) electrons. The molecule has 0 spiro atoms. The number of carboxylic acid groups (broad SMARTS) is 1. The van der Waals surface area contributed by atoms with Gasteiger partial charge in [0, 0.05) is 12.8 Å². The molecule has 0 aliphatic carbocycles. The van der Waals surface area contributed by atoms with Gasteiger partial charge in [0.2, 0.25) is 5.16 Å². The molecule has 3 N–H and O–H groups in total. The van der Waals surface area contributed by atoms with Crippen LogP contribution in [-0.2, 0) is 21.4 Å². The second-order valence-corrected chi connectivity index (χ2v) is 8.19. The van der Waals surface area contributed by atoms with E-state index in [1.54, 1.807) is 37.4 Å². The van der Waals surface area contributed by atoms with Gasteiger partial charge in [0.15, 0.2) is 6.10 Å². The Bertz CT molecular complexity index is 1060. The fraction of sp³-hybridized carbons (Fsp3) is 0.368. The predicted octanol–water partition coefficient (Wildman–Crippen LogP) is -0.136. The second-order valence-electron chi connectivity index (χ2n) is 7.24. The lowest BCUT2D eigenvalue weighted by Gasteiger charge is -2.50. The molecule has 12 heteroatoms. The number of aromatic nitrogens is 4. The number of β-lactam (4-membered cyclic amide) rings is 1. The highest BCUT2D eigenvalue weighted by atomic mass is 32.2. The number of rotatable bonds is 7. The van der Waals surface area contributed by atoms with E-state index in [1.165, 1.54) is 21.3 Å². The molecule has 3 atom stereocenters. The van der Waals surface area contributed by atoms with E-state index in [4.69, 9.17) is 0 Å². The van der Waals surface area contributed by atoms with Crippen LogP contribution in [0.25, 0.3) is 0 Å². The first-order valence-corrected chi connectivity index (χ1v) is 10.5. The van der Waals surface area contributed by atoms with Crippen molar-refractivity contribution in [3.05, 3.63) is 47.2 Å². The number of thioether (sulfide) groups is 1. The first kappa shape index (κ1) is 21.0. The predicted molar refractivity (Wildman–Crippen MR) is 107 cm³/mol. The number of amides is 2. The Morgan fingerprint density at radius 2 is 2.06 bits per heavy atom. The van der Waals surface area contributed by atoms with Crippen molar-refractivity contribution in [3.63, 3.8) is 0 Å². The van der Waals surface area contributed by atoms with Crippen molar-refractivity contribution >= 4 is 29.5 Å². The first-order valence-electron chi connectivity index (χ1n) is 9.55. The Kier molecular flexibility index (Phi) is 5.74. The van der Waals surface area contributed by atoms with Crippen LogP contribution in [-0.4, -0.2) is 70.9 Å². The van der Waals surface area contributed by atoms with E-state index in [0.717, 1.165) is 0 Å². The van der Waals surface area contributed by atoms with Crippen molar-refractivity contribution in [2.24, 2.45) is 7.05 Å². The maximum atomic E-state index is 12.7. The largest absolute Gasteiger partial charge is 0.477 e. The standard InChI is InChI=1S/C19H20N6O5S/c1-24-19(21-22-23-24)31-9-11-7-8-12-13(17(28)25(12)14(11)18(29)30)20-16(27)15(26)10-5-3-2-4-6-10/h2-6,12-13,15,26H,7-9H2,1H3,(H,20,27)(H,29,30)/t12-,13+,15?/m1/s1. The number of carboxylic acids is 1. The summed E-state index contributed by atoms with van der Waals surface area (Å²) in [6.07, 6.45) is -0.447. The molecule has 0 bridgehead atoms. The third-order valence-electron chi connectivity index (χ3n) is 5.36. The molecule has 2 aromatic rings. The number of aryl methyl sites for hydroxylation is 1. The Balaban J connectivity index is 1.46. The summed E-state index contributed by atoms with van der Waals surface area (Å²) >= 11 is 1.29. The van der Waals surface area contributed by atoms with Crippen molar-refractivity contribution in [3.8, 4) is 0 Å². The number of aliphatic hydroxyl groups is 1. The van der Waals surface area contributed by atoms with Gasteiger partial charge in [0.25, 0.3) is 11.8 Å². The number of carbonyl (C=O) groups is 3. The first-order chi connectivity index (χ1) is 14.9. The van der Waals surface area contributed by atoms with Gasteiger partial charge in [-0.25, -0.2) is 9.48 Å². The highest BCUT2D eigenvalue weighted by Crippen LogP contribution is 2.38. The van der Waals surface area contributed by atoms with Crippen molar-refractivity contribution < 1.29 is 24.6 Å². The van der Waals surface area contributed by atoms with Crippen LogP contribution < -0.4 is 5.32 Å². The monoisotopic (exact) mass is 444 g/mol. The summed E-state index contributed by atoms with van der Waals surface area (Å²) in [5.41, 5.74) is 0.966. The second kappa shape index (κ2) is 8.47. The van der Waals surface area contributed by atoms with Crippen LogP contribution in [0.1, 0.15) is 24.5 Å². The van der Waals surface area contributed by atoms with E-state index in [2.05, 4.69) is 20.8 Å². The number of tetrazole rings is 1. The lowest BCUT2D eigenvalue weighted by molar-refractivity contribution is -0.157. The molecule has 0 saturated carbocycles. The summed E-state index contributed by atoms with van der Waals surface area (Å²) in [5, 5.41) is 34.2. The number of aliphatic carboxylic acids is 1. The third-order valence-corrected chi connectivity index (χ3v) is 6.46. The van der Waals surface area contributed by atoms with Gasteiger partial charge in [-0.15, -0.1) is 5.10 Å². The highest BCUT2D eigenvalue weighted by molar-refractivity contribution is 7.99. The van der Waals surface area contributed by atoms with E-state index in [0.29, 0.717) is 34.9 Å². The molecule has 1 unspecified atom stereocenters. The Hall–Kier alpha value is -3.25. The van der Waals surface area contributed by atoms with Crippen molar-refractivity contribution in [2.45, 2.75) is 36.2 Å². The van der Waals surface area contributed by atoms with Crippen LogP contribution in [0.4, 0.5) is 0 Å². The van der Waals surface area contributed by atoms with Gasteiger partial charge in [-0.1, -0.05) is 42.1 Å². The van der Waals surface area contributed by atoms with Gasteiger partial charge < -0.3 is 15.5 Å². The van der Waals surface area contributed by atoms with Gasteiger partial charge in [-0.3, -0.25) is 14.5 Å². The number of fused-ring (bicyclic) bond motifs is 1. The molecule has 162 valence electrons. The Morgan fingerprint density at radius 1 is 1.32 bits per heavy atom. The summed E-state index contributed by atoms with van der Waals surface area (Å²) in [4.78, 5) is 38.3. The van der Waals surface area contributed by atoms with E-state index in [1.807, 2.05) is 0 Å². The molecule has 2 aliphatic heterocycles. The molecule has 4 rings (SSSR count). The molecule has 1 saturated heterocycles. The van der Waals surface area contributed by atoms with Crippen LogP contribution in [0.5, 0.6) is 0 Å². The van der Waals surface area contributed by atoms with Gasteiger partial charge in [0.05, 0.1) is 6.04 Å². The summed E-state index contributed by atoms with van der Waals surface area (Å²) in [6, 6.07) is 7.06. The zero-order valence-electron chi connectivity index (χ0n) is 16.5. The third kappa shape index (κ3) is 3.91. The van der Waals surface area contributed by atoms with Gasteiger partial charge in [0.1, 0.15) is 11.7 Å². The molecule has 31 heavy (non-hydrogen) atoms. The molecule has 11 nitrogen and oxygen atoms in total. The maximum absolute atomic E-state index is 12.7. The zero-order chi connectivity index (χ0) is 22.1. The SMILES string of the molecule is Cn1nnnc1SCC1=C(C(=O)O)N2C(=O)[C@@H](NC(=O)C(O)c3ccccc3)[C@H]2CC1. The lowest BCUT2D eigenvalue weighted by atomic mass is 9.83. The van der Waals surface area contributed by atoms with Crippen LogP contribution >= 0.6 is 11.8 Å². The topological polar surface area (TPSA) is 151 Å². The van der Waals surface area contributed by atoms with E-state index < -0.39 is 36.0 Å². The number of benzene rings is 1. The Morgan fingerprint density at radius 3 is 2.71 bits per heavy atom. The molecule has 2 aliphatic rings. The number of hydrogen-bond acceptors (Lipinski definition) is 8. The number of aliphatic hydroxyl groups excluding tert-OH is 1. The van der Waals surface area contributed by atoms with Crippen LogP contribution in [0, 0.1) is 0 Å². The fourth-order valence-electron chi connectivity index (χ4n) is 3.79. The van der Waals surface area contributed by atoms with Crippen molar-refractivity contribution in [2.75, 3.05) is 5.75 Å². The van der Waals surface area contributed by atoms with Crippen LogP contribution in [0.2, 0.25) is 0 Å². The lowest BCUT2D eigenvalue weighted by Crippen LogP contribution is -2.72. The quantitative estimate of drug-likeness (QED) is 0.392. The maximum Gasteiger partial charge on any atom is 0.352 e. The number of nitrogens with one attached hydrogen (secondary N) is 1. The van der Waals surface area contributed by atoms with E-state index >= 15 is 0 Å². The normalized spacial score (nSPS) is 21.4. The van der Waals surface area contributed by atoms with Crippen LogP contribution in [0.3, 0.4) is 0 Å². The number of nitrogens with zero attached hydrogens (tertiary/aromatic N) is 5. The van der Waals surface area contributed by atoms with Gasteiger partial charge >= 0.3 is 5.97 Å². The summed E-state index contributed by atoms with van der Waals surface area (Å²) in [6.45, 7) is 0. The smallest absolute Gasteiger partial charge is 0.352 e. The van der Waals surface area contributed by atoms with Gasteiger partial charge in [-0.05, 0) is 34.4 Å². The van der Waals surface area contributed by atoms with Crippen LogP contribution in [0.15, 0.2) is 46.8 Å². The highest BCUT2D eigenvalue weighted by Gasteiger charge is 2.53. The molecule has 1 aromatic heterocycles. The molecule has 1 aromatic carbocycles. The zero-order valence-corrected chi connectivity index (χ0v) is 17.3. The van der Waals surface area contributed by atoms with E-state index in [-0.39, 0.29) is 5.70 Å². The number of hydrogen-bond donors (Lipinski definition) is 3. The molecular formula is C19H20N6O5S. The number of carbonyl (C=O) groups excluding carboxylic acids is 2. The minimum absolute atomic E-state index is 0.0574. The average molecular weight is 444 g/mol. The minimum atomic E-state index is -1.41. The summed E-state index contributed by atoms with van der Waals surface area (Å²) in [7, 11) is 1.68. The van der Waals surface area contributed by atoms with Crippen molar-refractivity contribution in [1.29, 1.82) is 0 Å². The fourth-order valence-corrected chi connectivity index (χ4v) is 4.70. The van der Waals surface area contributed by atoms with Gasteiger partial charge in [-0.2, -0.15) is 0 Å². The summed E-state index contributed by atoms with van der Waals surface area (Å²) in [5.74, 6) is -2.06. The van der Waals surface area contributed by atoms with Crippen molar-refractivity contribution in [1.82, 2.24) is 30.4 Å². The molecule has 1 fully saturated rings. The minimum Gasteiger partial charge on any atom is -0.477 e. The Labute approximate surface area is 181 Å². The average Bonchev–Trinajstić information content (AvgIpc) is 3.19. The molecule has 2 amide bonds.